The first-order chi connectivity index (χ1) is 14.2. The van der Waals surface area contributed by atoms with Gasteiger partial charge in [0.05, 0.1) is 5.56 Å². The summed E-state index contributed by atoms with van der Waals surface area (Å²) in [6.07, 6.45) is 7.47. The molecule has 1 aliphatic heterocycles. The Hall–Kier alpha value is -3.68. The van der Waals surface area contributed by atoms with Gasteiger partial charge in [-0.25, -0.2) is 9.97 Å². The molecule has 0 saturated heterocycles. The summed E-state index contributed by atoms with van der Waals surface area (Å²) in [6, 6.07) is 9.27. The molecule has 1 amide bonds. The molecule has 0 aliphatic carbocycles. The zero-order valence-corrected chi connectivity index (χ0v) is 16.0. The number of hydrogen-bond donors (Lipinski definition) is 1. The van der Waals surface area contributed by atoms with Crippen LogP contribution in [0.5, 0.6) is 11.5 Å². The first kappa shape index (κ1) is 18.7. The van der Waals surface area contributed by atoms with Gasteiger partial charge in [-0.1, -0.05) is 0 Å². The molecule has 1 aromatic carbocycles. The van der Waals surface area contributed by atoms with Gasteiger partial charge in [0.15, 0.2) is 11.5 Å². The van der Waals surface area contributed by atoms with Crippen LogP contribution in [0.15, 0.2) is 55.1 Å². The van der Waals surface area contributed by atoms with Gasteiger partial charge in [-0.2, -0.15) is 0 Å². The lowest BCUT2D eigenvalue weighted by Crippen LogP contribution is -2.23. The summed E-state index contributed by atoms with van der Waals surface area (Å²) in [5.74, 6) is 1.58. The molecule has 8 nitrogen and oxygen atoms in total. The number of amides is 1. The summed E-state index contributed by atoms with van der Waals surface area (Å²) in [7, 11) is 1.92. The number of likely N-dealkylation sites (N-methyl/N-ethyl adjacent to an activating group) is 1. The second-order valence-corrected chi connectivity index (χ2v) is 6.61. The molecule has 0 fully saturated rings. The minimum Gasteiger partial charge on any atom is -0.486 e. The molecule has 0 unspecified atom stereocenters. The molecule has 0 saturated carbocycles. The van der Waals surface area contributed by atoms with Crippen LogP contribution < -0.4 is 19.7 Å². The van der Waals surface area contributed by atoms with Crippen molar-refractivity contribution in [3.63, 3.8) is 0 Å². The van der Waals surface area contributed by atoms with E-state index in [0.717, 1.165) is 13.0 Å². The molecule has 0 atom stereocenters. The predicted molar refractivity (Wildman–Crippen MR) is 109 cm³/mol. The summed E-state index contributed by atoms with van der Waals surface area (Å²) in [4.78, 5) is 27.1. The van der Waals surface area contributed by atoms with E-state index in [-0.39, 0.29) is 5.91 Å². The Balaban J connectivity index is 1.36. The van der Waals surface area contributed by atoms with E-state index >= 15 is 0 Å². The number of nitrogens with zero attached hydrogens (tertiary/aromatic N) is 4. The first-order valence-electron chi connectivity index (χ1n) is 9.32. The number of ether oxygens (including phenoxy) is 2. The molecule has 0 spiro atoms. The monoisotopic (exact) mass is 391 g/mol. The summed E-state index contributed by atoms with van der Waals surface area (Å²) in [5, 5.41) is 2.83. The summed E-state index contributed by atoms with van der Waals surface area (Å²) >= 11 is 0. The standard InChI is InChI=1S/C21H21N5O3/c1-26(9-6-15-4-7-22-8-5-15)21-23-13-16(14-24-21)20(27)25-17-2-3-18-19(12-17)29-11-10-28-18/h2-5,7-8,12-14H,6,9-11H2,1H3,(H,25,27). The molecular formula is C21H21N5O3. The Morgan fingerprint density at radius 1 is 1.07 bits per heavy atom. The van der Waals surface area contributed by atoms with Crippen LogP contribution in [-0.4, -0.2) is 47.7 Å². The smallest absolute Gasteiger partial charge is 0.258 e. The van der Waals surface area contributed by atoms with Gasteiger partial charge in [-0.15, -0.1) is 0 Å². The predicted octanol–water partition coefficient (Wildman–Crippen LogP) is 2.57. The van der Waals surface area contributed by atoms with Crippen LogP contribution >= 0.6 is 0 Å². The van der Waals surface area contributed by atoms with Crippen molar-refractivity contribution in [1.82, 2.24) is 15.0 Å². The average molecular weight is 391 g/mol. The normalized spacial score (nSPS) is 12.3. The van der Waals surface area contributed by atoms with Crippen LogP contribution in [0.2, 0.25) is 0 Å². The van der Waals surface area contributed by atoms with Gasteiger partial charge in [0.2, 0.25) is 5.95 Å². The molecule has 4 rings (SSSR count). The Kier molecular flexibility index (Phi) is 5.51. The zero-order chi connectivity index (χ0) is 20.1. The maximum atomic E-state index is 12.5. The molecule has 29 heavy (non-hydrogen) atoms. The van der Waals surface area contributed by atoms with E-state index in [0.29, 0.717) is 41.9 Å². The lowest BCUT2D eigenvalue weighted by atomic mass is 10.2. The number of fused-ring (bicyclic) bond motifs is 1. The van der Waals surface area contributed by atoms with Gasteiger partial charge in [0.25, 0.3) is 5.91 Å². The SMILES string of the molecule is CN(CCc1ccncc1)c1ncc(C(=O)Nc2ccc3c(c2)OCCO3)cn1. The summed E-state index contributed by atoms with van der Waals surface area (Å²) in [5.41, 5.74) is 2.20. The van der Waals surface area contributed by atoms with E-state index in [1.807, 2.05) is 24.1 Å². The number of aromatic nitrogens is 3. The van der Waals surface area contributed by atoms with Crippen molar-refractivity contribution < 1.29 is 14.3 Å². The molecule has 1 N–H and O–H groups in total. The molecule has 0 radical (unpaired) electrons. The number of pyridine rings is 1. The van der Waals surface area contributed by atoms with E-state index in [9.17, 15) is 4.79 Å². The lowest BCUT2D eigenvalue weighted by Gasteiger charge is -2.19. The zero-order valence-electron chi connectivity index (χ0n) is 16.0. The van der Waals surface area contributed by atoms with Crippen LogP contribution in [0.3, 0.4) is 0 Å². The highest BCUT2D eigenvalue weighted by atomic mass is 16.6. The first-order valence-corrected chi connectivity index (χ1v) is 9.32. The van der Waals surface area contributed by atoms with Crippen LogP contribution in [0.1, 0.15) is 15.9 Å². The van der Waals surface area contributed by atoms with Crippen LogP contribution in [0, 0.1) is 0 Å². The van der Waals surface area contributed by atoms with Crippen LogP contribution in [0.25, 0.3) is 0 Å². The Labute approximate surface area is 168 Å². The third kappa shape index (κ3) is 4.60. The maximum Gasteiger partial charge on any atom is 0.258 e. The highest BCUT2D eigenvalue weighted by molar-refractivity contribution is 6.04. The Morgan fingerprint density at radius 2 is 1.79 bits per heavy atom. The fraction of sp³-hybridized carbons (Fsp3) is 0.238. The van der Waals surface area contributed by atoms with Crippen molar-refractivity contribution in [2.24, 2.45) is 0 Å². The van der Waals surface area contributed by atoms with Crippen molar-refractivity contribution in [3.8, 4) is 11.5 Å². The fourth-order valence-electron chi connectivity index (χ4n) is 2.91. The van der Waals surface area contributed by atoms with Crippen LogP contribution in [0.4, 0.5) is 11.6 Å². The van der Waals surface area contributed by atoms with Crippen LogP contribution in [-0.2, 0) is 6.42 Å². The van der Waals surface area contributed by atoms with Crippen molar-refractivity contribution in [3.05, 3.63) is 66.2 Å². The van der Waals surface area contributed by atoms with E-state index in [1.54, 1.807) is 30.6 Å². The number of rotatable bonds is 6. The topological polar surface area (TPSA) is 89.5 Å². The van der Waals surface area contributed by atoms with Gasteiger partial charge in [0, 0.05) is 50.1 Å². The number of carbonyl (C=O) groups is 1. The molecular weight excluding hydrogens is 370 g/mol. The largest absolute Gasteiger partial charge is 0.486 e. The fourth-order valence-corrected chi connectivity index (χ4v) is 2.91. The van der Waals surface area contributed by atoms with Gasteiger partial charge < -0.3 is 19.7 Å². The highest BCUT2D eigenvalue weighted by Gasteiger charge is 2.14. The van der Waals surface area contributed by atoms with Crippen molar-refractivity contribution in [2.75, 3.05) is 37.0 Å². The average Bonchev–Trinajstić information content (AvgIpc) is 2.78. The van der Waals surface area contributed by atoms with Crippen molar-refractivity contribution in [1.29, 1.82) is 0 Å². The van der Waals surface area contributed by atoms with Gasteiger partial charge in [-0.3, -0.25) is 9.78 Å². The lowest BCUT2D eigenvalue weighted by molar-refractivity contribution is 0.102. The van der Waals surface area contributed by atoms with Gasteiger partial charge in [-0.05, 0) is 36.2 Å². The van der Waals surface area contributed by atoms with E-state index in [1.165, 1.54) is 18.0 Å². The number of carbonyl (C=O) groups excluding carboxylic acids is 1. The number of benzene rings is 1. The van der Waals surface area contributed by atoms with E-state index in [2.05, 4.69) is 20.3 Å². The van der Waals surface area contributed by atoms with E-state index in [4.69, 9.17) is 9.47 Å². The Morgan fingerprint density at radius 3 is 2.55 bits per heavy atom. The quantitative estimate of drug-likeness (QED) is 0.691. The highest BCUT2D eigenvalue weighted by Crippen LogP contribution is 2.32. The molecule has 148 valence electrons. The van der Waals surface area contributed by atoms with Crippen molar-refractivity contribution >= 4 is 17.5 Å². The van der Waals surface area contributed by atoms with Gasteiger partial charge >= 0.3 is 0 Å². The molecule has 0 bridgehead atoms. The number of nitrogens with one attached hydrogen (secondary N) is 1. The number of hydrogen-bond acceptors (Lipinski definition) is 7. The number of anilines is 2. The third-order valence-electron chi connectivity index (χ3n) is 4.53. The second-order valence-electron chi connectivity index (χ2n) is 6.61. The Bertz CT molecular complexity index is 979. The molecule has 3 heterocycles. The van der Waals surface area contributed by atoms with Gasteiger partial charge in [0.1, 0.15) is 13.2 Å². The maximum absolute atomic E-state index is 12.5. The summed E-state index contributed by atoms with van der Waals surface area (Å²) < 4.78 is 11.0. The minimum absolute atomic E-state index is 0.285. The molecule has 3 aromatic rings. The third-order valence-corrected chi connectivity index (χ3v) is 4.53. The molecule has 8 heteroatoms. The van der Waals surface area contributed by atoms with E-state index < -0.39 is 0 Å². The molecule has 2 aromatic heterocycles. The second kappa shape index (κ2) is 8.55. The summed E-state index contributed by atoms with van der Waals surface area (Å²) in [6.45, 7) is 1.78. The van der Waals surface area contributed by atoms with Crippen molar-refractivity contribution in [2.45, 2.75) is 6.42 Å². The minimum atomic E-state index is -0.285. The molecule has 1 aliphatic rings.